The Kier molecular flexibility index (Phi) is 8.89. The first-order valence-electron chi connectivity index (χ1n) is 12.3. The van der Waals surface area contributed by atoms with Crippen molar-refractivity contribution in [1.29, 1.82) is 31.6 Å². The van der Waals surface area contributed by atoms with E-state index < -0.39 is 130 Å². The van der Waals surface area contributed by atoms with Crippen LogP contribution in [-0.4, -0.2) is 0 Å². The molecule has 4 rings (SSSR count). The topological polar surface area (TPSA) is 143 Å². The summed E-state index contributed by atoms with van der Waals surface area (Å²) in [6.07, 6.45) is 0. The molecule has 17 heteroatoms. The summed E-state index contributed by atoms with van der Waals surface area (Å²) in [7, 11) is 1.85. The van der Waals surface area contributed by atoms with Crippen LogP contribution >= 0.6 is 9.24 Å². The first-order valence-corrected chi connectivity index (χ1v) is 12.8. The summed E-state index contributed by atoms with van der Waals surface area (Å²) in [6.45, 7) is 1.08. The third-order valence-electron chi connectivity index (χ3n) is 7.07. The summed E-state index contributed by atoms with van der Waals surface area (Å²) in [5.41, 5.74) is -17.3. The van der Waals surface area contributed by atoms with Crippen LogP contribution in [0.5, 0.6) is 0 Å². The molecule has 0 saturated heterocycles. The van der Waals surface area contributed by atoms with Crippen molar-refractivity contribution in [3.05, 3.63) is 114 Å². The summed E-state index contributed by atoms with van der Waals surface area (Å²) in [6, 6.07) is 6.63. The van der Waals surface area contributed by atoms with Gasteiger partial charge in [-0.15, -0.1) is 9.24 Å². The van der Waals surface area contributed by atoms with Crippen LogP contribution in [0.1, 0.15) is 38.9 Å². The standard InChI is InChI=1S/C31H5F10N6P/c1-8-9(2-42)21(32)30(41)20(31(8)48)12(5-45)17-15(10(3-43)18-26(37)22(33)13(6-46)23(34)27(18)38)16(17)11(4-44)19-28(39)24(35)14(7-47)25(36)29(19)40/h48H2,1H3/b15-10-,16-11?,17-12-. The lowest BCUT2D eigenvalue weighted by molar-refractivity contribution is 0.446. The second-order valence-corrected chi connectivity index (χ2v) is 9.93. The minimum atomic E-state index is -2.40. The maximum Gasteiger partial charge on any atom is 0.180 e. The molecule has 1 atom stereocenters. The zero-order valence-electron chi connectivity index (χ0n) is 23.0. The van der Waals surface area contributed by atoms with Gasteiger partial charge in [-0.2, -0.15) is 31.6 Å². The quantitative estimate of drug-likeness (QED) is 0.130. The normalized spacial score (nSPS) is 14.9. The van der Waals surface area contributed by atoms with Gasteiger partial charge in [-0.05, 0) is 17.8 Å². The van der Waals surface area contributed by atoms with Crippen LogP contribution in [-0.2, 0) is 0 Å². The number of halogens is 10. The summed E-state index contributed by atoms with van der Waals surface area (Å²) in [5.74, 6) is -22.7. The van der Waals surface area contributed by atoms with Crippen LogP contribution in [0.2, 0.25) is 0 Å². The van der Waals surface area contributed by atoms with E-state index in [-0.39, 0.29) is 5.56 Å². The van der Waals surface area contributed by atoms with E-state index in [9.17, 15) is 43.0 Å². The van der Waals surface area contributed by atoms with Crippen LogP contribution in [0.4, 0.5) is 43.9 Å². The second-order valence-electron chi connectivity index (χ2n) is 9.35. The largest absolute Gasteiger partial charge is 0.203 e. The first kappa shape index (κ1) is 34.4. The fraction of sp³-hybridized carbons (Fsp3) is 0.0323. The molecular weight excluding hydrogens is 677 g/mol. The van der Waals surface area contributed by atoms with Gasteiger partial charge < -0.3 is 0 Å². The molecular formula is C31H5F10N6P. The second kappa shape index (κ2) is 12.4. The summed E-state index contributed by atoms with van der Waals surface area (Å²) < 4.78 is 149. The highest BCUT2D eigenvalue weighted by atomic mass is 31.0. The molecule has 1 saturated carbocycles. The molecule has 0 aromatic heterocycles. The Balaban J connectivity index is 2.38. The molecule has 1 aliphatic carbocycles. The van der Waals surface area contributed by atoms with Gasteiger partial charge in [0.05, 0.1) is 33.4 Å². The van der Waals surface area contributed by atoms with E-state index in [1.54, 1.807) is 0 Å². The van der Waals surface area contributed by atoms with Crippen LogP contribution in [0.25, 0.3) is 16.7 Å². The van der Waals surface area contributed by atoms with E-state index in [4.69, 9.17) is 10.5 Å². The van der Waals surface area contributed by atoms with Crippen LogP contribution in [0, 0.1) is 133 Å². The molecule has 48 heavy (non-hydrogen) atoms. The van der Waals surface area contributed by atoms with Gasteiger partial charge in [-0.25, -0.2) is 43.9 Å². The zero-order chi connectivity index (χ0) is 36.1. The highest BCUT2D eigenvalue weighted by Crippen LogP contribution is 2.57. The SMILES string of the molecule is Cc1c(P)c(/C(C#N)=C2\C(=C(C#N)c3c(F)c(F)c(C#N)c(F)c3F)\C2=C(/C#N)c2c(F)c(F)c(C#N)c(F)c2F)c(F)c(F)c1C#N. The molecule has 6 nitrogen and oxygen atoms in total. The van der Waals surface area contributed by atoms with Gasteiger partial charge in [-0.3, -0.25) is 0 Å². The van der Waals surface area contributed by atoms with Crippen LogP contribution in [0.3, 0.4) is 0 Å². The number of nitrogens with zero attached hydrogens (tertiary/aromatic N) is 6. The highest BCUT2D eigenvalue weighted by Gasteiger charge is 2.46. The molecule has 0 N–H and O–H groups in total. The third kappa shape index (κ3) is 4.72. The van der Waals surface area contributed by atoms with Crippen molar-refractivity contribution < 1.29 is 43.9 Å². The number of benzene rings is 3. The van der Waals surface area contributed by atoms with Gasteiger partial charge in [0.1, 0.15) is 47.5 Å². The van der Waals surface area contributed by atoms with E-state index >= 15 is 22.0 Å². The number of allylic oxidation sites excluding steroid dienone is 6. The Hall–Kier alpha value is -6.45. The molecule has 3 aromatic rings. The third-order valence-corrected chi connectivity index (χ3v) is 7.79. The average molecular weight is 682 g/mol. The van der Waals surface area contributed by atoms with Crippen LogP contribution in [0.15, 0.2) is 16.7 Å². The van der Waals surface area contributed by atoms with Gasteiger partial charge in [0.15, 0.2) is 58.2 Å². The van der Waals surface area contributed by atoms with Crippen molar-refractivity contribution in [2.45, 2.75) is 6.92 Å². The van der Waals surface area contributed by atoms with Crippen molar-refractivity contribution in [3.8, 4) is 36.4 Å². The molecule has 0 bridgehead atoms. The Labute approximate surface area is 264 Å². The Morgan fingerprint density at radius 2 is 0.667 bits per heavy atom. The van der Waals surface area contributed by atoms with E-state index in [0.717, 1.165) is 31.2 Å². The lowest BCUT2D eigenvalue weighted by Gasteiger charge is -2.12. The van der Waals surface area contributed by atoms with Gasteiger partial charge in [0, 0.05) is 22.3 Å². The first-order chi connectivity index (χ1) is 22.6. The molecule has 1 fully saturated rings. The van der Waals surface area contributed by atoms with E-state index in [1.807, 2.05) is 9.24 Å². The minimum absolute atomic E-state index is 0.316. The van der Waals surface area contributed by atoms with Crippen molar-refractivity contribution in [3.63, 3.8) is 0 Å². The lowest BCUT2D eigenvalue weighted by atomic mass is 9.97. The molecule has 0 amide bonds. The van der Waals surface area contributed by atoms with Crippen molar-refractivity contribution in [1.82, 2.24) is 0 Å². The molecule has 1 aliphatic rings. The molecule has 234 valence electrons. The van der Waals surface area contributed by atoms with Crippen molar-refractivity contribution >= 4 is 31.3 Å². The van der Waals surface area contributed by atoms with Crippen molar-refractivity contribution in [2.24, 2.45) is 0 Å². The monoisotopic (exact) mass is 682 g/mol. The molecule has 3 aromatic carbocycles. The smallest absolute Gasteiger partial charge is 0.180 e. The van der Waals surface area contributed by atoms with Gasteiger partial charge in [0.25, 0.3) is 0 Å². The molecule has 0 heterocycles. The number of hydrogen-bond acceptors (Lipinski definition) is 6. The fourth-order valence-corrected chi connectivity index (χ4v) is 5.16. The highest BCUT2D eigenvalue weighted by molar-refractivity contribution is 7.27. The predicted octanol–water partition coefficient (Wildman–Crippen LogP) is 6.75. The van der Waals surface area contributed by atoms with E-state index in [1.165, 1.54) is 12.1 Å². The van der Waals surface area contributed by atoms with E-state index in [0.29, 0.717) is 0 Å². The average Bonchev–Trinajstić information content (AvgIpc) is 3.78. The van der Waals surface area contributed by atoms with Gasteiger partial charge >= 0.3 is 0 Å². The lowest BCUT2D eigenvalue weighted by Crippen LogP contribution is -2.14. The maximum absolute atomic E-state index is 15.4. The number of hydrogen-bond donors (Lipinski definition) is 0. The molecule has 0 spiro atoms. The fourth-order valence-electron chi connectivity index (χ4n) is 4.75. The molecule has 0 radical (unpaired) electrons. The molecule has 1 unspecified atom stereocenters. The maximum atomic E-state index is 15.4. The Morgan fingerprint density at radius 1 is 0.417 bits per heavy atom. The number of rotatable bonds is 3. The predicted molar refractivity (Wildman–Crippen MR) is 145 cm³/mol. The van der Waals surface area contributed by atoms with Gasteiger partial charge in [0.2, 0.25) is 0 Å². The van der Waals surface area contributed by atoms with Gasteiger partial charge in [-0.1, -0.05) is 0 Å². The number of nitriles is 6. The van der Waals surface area contributed by atoms with E-state index in [2.05, 4.69) is 0 Å². The summed E-state index contributed by atoms with van der Waals surface area (Å²) >= 11 is 0. The molecule has 0 aliphatic heterocycles. The van der Waals surface area contributed by atoms with Crippen molar-refractivity contribution in [2.75, 3.05) is 0 Å². The minimum Gasteiger partial charge on any atom is -0.203 e. The Morgan fingerprint density at radius 3 is 0.938 bits per heavy atom. The Bertz CT molecular complexity index is 2070. The summed E-state index contributed by atoms with van der Waals surface area (Å²) in [4.78, 5) is 0. The zero-order valence-corrected chi connectivity index (χ0v) is 24.2. The van der Waals surface area contributed by atoms with Crippen LogP contribution < -0.4 is 5.30 Å². The summed E-state index contributed by atoms with van der Waals surface area (Å²) in [5, 5.41) is 56.5.